The van der Waals surface area contributed by atoms with E-state index in [0.717, 1.165) is 15.9 Å². The topological polar surface area (TPSA) is 92.2 Å². The fraction of sp³-hybridized carbons (Fsp3) is 0.125. The lowest BCUT2D eigenvalue weighted by Gasteiger charge is -1.96. The third kappa shape index (κ3) is 1.28. The highest BCUT2D eigenvalue weighted by Gasteiger charge is 2.16. The van der Waals surface area contributed by atoms with Gasteiger partial charge in [-0.3, -0.25) is 14.3 Å². The Morgan fingerprint density at radius 1 is 1.53 bits per heavy atom. The molecular formula is C8H6N2O4S. The molecule has 0 aliphatic carbocycles. The number of nitrogens with zero attached hydrogens (tertiary/aromatic N) is 1. The van der Waals surface area contributed by atoms with E-state index < -0.39 is 17.2 Å². The molecule has 0 saturated carbocycles. The molecule has 0 atom stereocenters. The fourth-order valence-corrected chi connectivity index (χ4v) is 2.18. The van der Waals surface area contributed by atoms with E-state index in [9.17, 15) is 14.4 Å². The molecule has 0 saturated heterocycles. The average Bonchev–Trinajstić information content (AvgIpc) is 2.58. The summed E-state index contributed by atoms with van der Waals surface area (Å²) >= 11 is 1.03. The Morgan fingerprint density at radius 3 is 2.80 bits per heavy atom. The van der Waals surface area contributed by atoms with E-state index in [1.807, 2.05) is 0 Å². The molecule has 0 bridgehead atoms. The monoisotopic (exact) mass is 226 g/mol. The highest BCUT2D eigenvalue weighted by Crippen LogP contribution is 2.19. The summed E-state index contributed by atoms with van der Waals surface area (Å²) in [6.45, 7) is 0. The van der Waals surface area contributed by atoms with Gasteiger partial charge in [0.2, 0.25) is 0 Å². The Morgan fingerprint density at radius 2 is 2.20 bits per heavy atom. The van der Waals surface area contributed by atoms with Gasteiger partial charge in [-0.2, -0.15) is 0 Å². The molecule has 0 spiro atoms. The average molecular weight is 226 g/mol. The van der Waals surface area contributed by atoms with Gasteiger partial charge in [0.1, 0.15) is 4.83 Å². The number of H-pyrrole nitrogens is 1. The highest BCUT2D eigenvalue weighted by atomic mass is 32.1. The number of aromatic nitrogens is 2. The van der Waals surface area contributed by atoms with Crippen LogP contribution in [0.2, 0.25) is 0 Å². The van der Waals surface area contributed by atoms with Crippen molar-refractivity contribution in [2.75, 3.05) is 0 Å². The van der Waals surface area contributed by atoms with Gasteiger partial charge in [-0.1, -0.05) is 0 Å². The summed E-state index contributed by atoms with van der Waals surface area (Å²) in [7, 11) is 1.30. The lowest BCUT2D eigenvalue weighted by atomic mass is 10.2. The Balaban J connectivity index is 3.05. The molecule has 0 fully saturated rings. The van der Waals surface area contributed by atoms with Gasteiger partial charge in [0.25, 0.3) is 5.56 Å². The molecule has 78 valence electrons. The van der Waals surface area contributed by atoms with Crippen molar-refractivity contribution in [2.24, 2.45) is 7.05 Å². The van der Waals surface area contributed by atoms with Crippen molar-refractivity contribution in [3.63, 3.8) is 0 Å². The molecule has 0 aliphatic rings. The van der Waals surface area contributed by atoms with Crippen LogP contribution in [0, 0.1) is 0 Å². The van der Waals surface area contributed by atoms with Gasteiger partial charge < -0.3 is 5.11 Å². The fourth-order valence-electron chi connectivity index (χ4n) is 1.26. The van der Waals surface area contributed by atoms with Crippen molar-refractivity contribution < 1.29 is 9.90 Å². The Labute approximate surface area is 86.4 Å². The zero-order valence-corrected chi connectivity index (χ0v) is 8.42. The first-order valence-electron chi connectivity index (χ1n) is 3.96. The molecular weight excluding hydrogens is 220 g/mol. The maximum absolute atomic E-state index is 11.6. The molecule has 0 amide bonds. The first-order valence-corrected chi connectivity index (χ1v) is 4.84. The van der Waals surface area contributed by atoms with Crippen molar-refractivity contribution in [1.82, 2.24) is 9.55 Å². The number of hydrogen-bond acceptors (Lipinski definition) is 4. The van der Waals surface area contributed by atoms with E-state index in [0.29, 0.717) is 4.83 Å². The van der Waals surface area contributed by atoms with Crippen molar-refractivity contribution in [1.29, 1.82) is 0 Å². The van der Waals surface area contributed by atoms with Gasteiger partial charge in [-0.05, 0) is 0 Å². The maximum Gasteiger partial charge on any atom is 0.337 e. The molecule has 0 aromatic carbocycles. The normalized spacial score (nSPS) is 10.7. The minimum atomic E-state index is -1.18. The van der Waals surface area contributed by atoms with Crippen molar-refractivity contribution >= 4 is 27.5 Å². The van der Waals surface area contributed by atoms with E-state index in [1.165, 1.54) is 12.4 Å². The zero-order chi connectivity index (χ0) is 11.2. The second-order valence-corrected chi connectivity index (χ2v) is 3.83. The van der Waals surface area contributed by atoms with Crippen LogP contribution in [-0.2, 0) is 7.05 Å². The van der Waals surface area contributed by atoms with Gasteiger partial charge in [0.05, 0.1) is 10.9 Å². The molecule has 0 radical (unpaired) electrons. The van der Waals surface area contributed by atoms with Crippen LogP contribution in [0.15, 0.2) is 15.0 Å². The van der Waals surface area contributed by atoms with Gasteiger partial charge in [-0.15, -0.1) is 11.3 Å². The molecule has 0 unspecified atom stereocenters. The first kappa shape index (κ1) is 9.66. The number of carboxylic acid groups (broad SMARTS) is 1. The van der Waals surface area contributed by atoms with Crippen LogP contribution in [0.4, 0.5) is 0 Å². The van der Waals surface area contributed by atoms with Gasteiger partial charge >= 0.3 is 11.7 Å². The number of aromatic amines is 1. The number of fused-ring (bicyclic) bond motifs is 1. The van der Waals surface area contributed by atoms with E-state index in [-0.39, 0.29) is 10.9 Å². The Hall–Kier alpha value is -1.89. The predicted octanol–water partition coefficient (Wildman–Crippen LogP) is -0.0135. The van der Waals surface area contributed by atoms with Crippen LogP contribution in [0.3, 0.4) is 0 Å². The standard InChI is InChI=1S/C8H6N2O4S/c1-10-6(11)4-3(7(12)13)2-15-5(4)9-8(10)14/h2H,1H3,(H,9,14)(H,12,13). The van der Waals surface area contributed by atoms with Crippen LogP contribution >= 0.6 is 11.3 Å². The summed E-state index contributed by atoms with van der Waals surface area (Å²) in [4.78, 5) is 36.3. The Bertz CT molecular complexity index is 663. The summed E-state index contributed by atoms with van der Waals surface area (Å²) in [5, 5.41) is 10.2. The van der Waals surface area contributed by atoms with E-state index in [4.69, 9.17) is 5.11 Å². The first-order chi connectivity index (χ1) is 7.02. The number of carbonyl (C=O) groups is 1. The molecule has 2 rings (SSSR count). The summed E-state index contributed by atoms with van der Waals surface area (Å²) in [5.41, 5.74) is -1.22. The number of hydrogen-bond donors (Lipinski definition) is 2. The quantitative estimate of drug-likeness (QED) is 0.715. The third-order valence-corrected chi connectivity index (χ3v) is 2.96. The third-order valence-electron chi connectivity index (χ3n) is 2.07. The summed E-state index contributed by atoms with van der Waals surface area (Å²) in [5.74, 6) is -1.18. The second kappa shape index (κ2) is 3.06. The van der Waals surface area contributed by atoms with Crippen LogP contribution < -0.4 is 11.2 Å². The second-order valence-electron chi connectivity index (χ2n) is 2.95. The van der Waals surface area contributed by atoms with Gasteiger partial charge in [0.15, 0.2) is 0 Å². The lowest BCUT2D eigenvalue weighted by molar-refractivity contribution is 0.0699. The Kier molecular flexibility index (Phi) is 1.97. The van der Waals surface area contributed by atoms with Crippen LogP contribution in [0.5, 0.6) is 0 Å². The van der Waals surface area contributed by atoms with Crippen LogP contribution in [0.1, 0.15) is 10.4 Å². The highest BCUT2D eigenvalue weighted by molar-refractivity contribution is 7.17. The predicted molar refractivity (Wildman–Crippen MR) is 54.6 cm³/mol. The largest absolute Gasteiger partial charge is 0.478 e. The number of aromatic carboxylic acids is 1. The SMILES string of the molecule is Cn1c(=O)[nH]c2scc(C(=O)O)c2c1=O. The van der Waals surface area contributed by atoms with Gasteiger partial charge in [0, 0.05) is 12.4 Å². The lowest BCUT2D eigenvalue weighted by Crippen LogP contribution is -2.32. The molecule has 2 heterocycles. The zero-order valence-electron chi connectivity index (χ0n) is 7.60. The van der Waals surface area contributed by atoms with E-state index in [2.05, 4.69) is 4.98 Å². The number of carboxylic acids is 1. The molecule has 7 heteroatoms. The minimum absolute atomic E-state index is 0.0506. The summed E-state index contributed by atoms with van der Waals surface area (Å²) in [6.07, 6.45) is 0. The van der Waals surface area contributed by atoms with Crippen molar-refractivity contribution in [3.8, 4) is 0 Å². The van der Waals surface area contributed by atoms with Crippen LogP contribution in [-0.4, -0.2) is 20.6 Å². The van der Waals surface area contributed by atoms with E-state index >= 15 is 0 Å². The smallest absolute Gasteiger partial charge is 0.337 e. The summed E-state index contributed by atoms with van der Waals surface area (Å²) < 4.78 is 0.849. The maximum atomic E-state index is 11.6. The molecule has 2 aromatic rings. The van der Waals surface area contributed by atoms with Gasteiger partial charge in [-0.25, -0.2) is 9.59 Å². The molecule has 6 nitrogen and oxygen atoms in total. The van der Waals surface area contributed by atoms with Crippen LogP contribution in [0.25, 0.3) is 10.2 Å². The molecule has 0 aliphatic heterocycles. The number of thiophene rings is 1. The number of rotatable bonds is 1. The van der Waals surface area contributed by atoms with Crippen molar-refractivity contribution in [2.45, 2.75) is 0 Å². The molecule has 15 heavy (non-hydrogen) atoms. The number of nitrogens with one attached hydrogen (secondary N) is 1. The summed E-state index contributed by atoms with van der Waals surface area (Å²) in [6, 6.07) is 0. The molecule has 2 aromatic heterocycles. The van der Waals surface area contributed by atoms with E-state index in [1.54, 1.807) is 0 Å². The molecule has 2 N–H and O–H groups in total. The van der Waals surface area contributed by atoms with Crippen molar-refractivity contribution in [3.05, 3.63) is 31.8 Å². The minimum Gasteiger partial charge on any atom is -0.478 e.